The van der Waals surface area contributed by atoms with Crippen LogP contribution in [0.4, 0.5) is 0 Å². The molecule has 2 aromatic rings. The fraction of sp³-hybridized carbons (Fsp3) is 0.357. The van der Waals surface area contributed by atoms with Crippen LogP contribution in [0.2, 0.25) is 0 Å². The standard InChI is InChI=1S/C14H18N2O4S/c1-10(2)19-8-9-20-12-5-6-13(21(15,17)18)11-4-3-7-16-14(11)12/h3-7,10H,8-9H2,1-2H3,(H2,15,17,18). The monoisotopic (exact) mass is 310 g/mol. The lowest BCUT2D eigenvalue weighted by Crippen LogP contribution is -2.14. The summed E-state index contributed by atoms with van der Waals surface area (Å²) in [6.45, 7) is 4.69. The predicted octanol–water partition coefficient (Wildman–Crippen LogP) is 1.69. The Kier molecular flexibility index (Phi) is 4.76. The fourth-order valence-electron chi connectivity index (χ4n) is 1.92. The number of primary sulfonamides is 1. The van der Waals surface area contributed by atoms with Gasteiger partial charge in [-0.1, -0.05) is 0 Å². The highest BCUT2D eigenvalue weighted by Crippen LogP contribution is 2.28. The molecule has 21 heavy (non-hydrogen) atoms. The largest absolute Gasteiger partial charge is 0.489 e. The van der Waals surface area contributed by atoms with Crippen molar-refractivity contribution in [2.24, 2.45) is 5.14 Å². The molecule has 0 atom stereocenters. The van der Waals surface area contributed by atoms with Gasteiger partial charge in [-0.15, -0.1) is 0 Å². The van der Waals surface area contributed by atoms with Crippen molar-refractivity contribution < 1.29 is 17.9 Å². The summed E-state index contributed by atoms with van der Waals surface area (Å²) in [4.78, 5) is 4.22. The Balaban J connectivity index is 2.31. The van der Waals surface area contributed by atoms with Gasteiger partial charge in [0.15, 0.2) is 0 Å². The lowest BCUT2D eigenvalue weighted by atomic mass is 10.2. The molecule has 0 saturated carbocycles. The third-order valence-corrected chi connectivity index (χ3v) is 3.76. The van der Waals surface area contributed by atoms with E-state index in [0.717, 1.165) is 0 Å². The highest BCUT2D eigenvalue weighted by Gasteiger charge is 2.15. The molecular formula is C14H18N2O4S. The van der Waals surface area contributed by atoms with Crippen LogP contribution in [-0.2, 0) is 14.8 Å². The van der Waals surface area contributed by atoms with Crippen molar-refractivity contribution in [2.45, 2.75) is 24.8 Å². The van der Waals surface area contributed by atoms with Gasteiger partial charge in [0.25, 0.3) is 0 Å². The molecule has 0 aliphatic heterocycles. The minimum absolute atomic E-state index is 0.0383. The zero-order valence-electron chi connectivity index (χ0n) is 11.9. The fourth-order valence-corrected chi connectivity index (χ4v) is 2.65. The Labute approximate surface area is 123 Å². The van der Waals surface area contributed by atoms with Crippen LogP contribution in [0.3, 0.4) is 0 Å². The summed E-state index contributed by atoms with van der Waals surface area (Å²) >= 11 is 0. The summed E-state index contributed by atoms with van der Waals surface area (Å²) < 4.78 is 34.2. The molecule has 0 amide bonds. The van der Waals surface area contributed by atoms with Crippen LogP contribution in [-0.4, -0.2) is 32.7 Å². The second-order valence-corrected chi connectivity index (χ2v) is 6.30. The van der Waals surface area contributed by atoms with Crippen molar-refractivity contribution in [3.05, 3.63) is 30.5 Å². The maximum atomic E-state index is 11.6. The summed E-state index contributed by atoms with van der Waals surface area (Å²) in [6.07, 6.45) is 1.71. The Morgan fingerprint density at radius 3 is 2.67 bits per heavy atom. The van der Waals surface area contributed by atoms with Gasteiger partial charge in [-0.05, 0) is 38.1 Å². The summed E-state index contributed by atoms with van der Waals surface area (Å²) in [5, 5.41) is 5.66. The maximum absolute atomic E-state index is 11.6. The smallest absolute Gasteiger partial charge is 0.238 e. The molecule has 0 bridgehead atoms. The molecule has 0 saturated heterocycles. The van der Waals surface area contributed by atoms with Gasteiger partial charge in [-0.3, -0.25) is 4.98 Å². The van der Waals surface area contributed by atoms with E-state index in [9.17, 15) is 8.42 Å². The van der Waals surface area contributed by atoms with Crippen LogP contribution in [0.25, 0.3) is 10.9 Å². The number of hydrogen-bond acceptors (Lipinski definition) is 5. The van der Waals surface area contributed by atoms with E-state index < -0.39 is 10.0 Å². The third-order valence-electron chi connectivity index (χ3n) is 2.79. The van der Waals surface area contributed by atoms with Gasteiger partial charge in [0, 0.05) is 11.6 Å². The molecule has 1 aromatic carbocycles. The molecule has 7 heteroatoms. The Morgan fingerprint density at radius 1 is 1.24 bits per heavy atom. The molecule has 0 unspecified atom stereocenters. The number of fused-ring (bicyclic) bond motifs is 1. The average Bonchev–Trinajstić information content (AvgIpc) is 2.42. The van der Waals surface area contributed by atoms with Crippen molar-refractivity contribution in [1.29, 1.82) is 0 Å². The Hall–Kier alpha value is -1.70. The van der Waals surface area contributed by atoms with E-state index in [1.165, 1.54) is 6.07 Å². The quantitative estimate of drug-likeness (QED) is 0.820. The van der Waals surface area contributed by atoms with Crippen molar-refractivity contribution in [3.63, 3.8) is 0 Å². The number of rotatable bonds is 6. The summed E-state index contributed by atoms with van der Waals surface area (Å²) in [6, 6.07) is 6.30. The molecule has 2 N–H and O–H groups in total. The van der Waals surface area contributed by atoms with Crippen LogP contribution < -0.4 is 9.88 Å². The number of sulfonamides is 1. The van der Waals surface area contributed by atoms with Gasteiger partial charge >= 0.3 is 0 Å². The lowest BCUT2D eigenvalue weighted by Gasteiger charge is -2.12. The Bertz CT molecular complexity index is 729. The van der Waals surface area contributed by atoms with E-state index in [-0.39, 0.29) is 11.0 Å². The second-order valence-electron chi connectivity index (χ2n) is 4.77. The minimum Gasteiger partial charge on any atom is -0.489 e. The van der Waals surface area contributed by atoms with Gasteiger partial charge in [0.2, 0.25) is 10.0 Å². The van der Waals surface area contributed by atoms with Gasteiger partial charge in [0.05, 0.1) is 17.6 Å². The van der Waals surface area contributed by atoms with Crippen molar-refractivity contribution in [3.8, 4) is 5.75 Å². The number of hydrogen-bond donors (Lipinski definition) is 1. The molecule has 2 rings (SSSR count). The van der Waals surface area contributed by atoms with Crippen LogP contribution >= 0.6 is 0 Å². The van der Waals surface area contributed by atoms with Crippen molar-refractivity contribution >= 4 is 20.9 Å². The van der Waals surface area contributed by atoms with Gasteiger partial charge in [-0.2, -0.15) is 0 Å². The molecule has 0 fully saturated rings. The lowest BCUT2D eigenvalue weighted by molar-refractivity contribution is 0.0555. The Morgan fingerprint density at radius 2 is 2.00 bits per heavy atom. The highest BCUT2D eigenvalue weighted by atomic mass is 32.2. The number of ether oxygens (including phenoxy) is 2. The SMILES string of the molecule is CC(C)OCCOc1ccc(S(N)(=O)=O)c2cccnc12. The molecule has 1 heterocycles. The number of benzene rings is 1. The zero-order valence-corrected chi connectivity index (χ0v) is 12.8. The molecule has 0 spiro atoms. The van der Waals surface area contributed by atoms with Gasteiger partial charge in [-0.25, -0.2) is 13.6 Å². The minimum atomic E-state index is -3.80. The first-order chi connectivity index (χ1) is 9.89. The summed E-state index contributed by atoms with van der Waals surface area (Å²) in [7, 11) is -3.80. The molecular weight excluding hydrogens is 292 g/mol. The van der Waals surface area contributed by atoms with Crippen LogP contribution in [0.5, 0.6) is 5.75 Å². The molecule has 0 aliphatic carbocycles. The first-order valence-electron chi connectivity index (χ1n) is 6.54. The van der Waals surface area contributed by atoms with E-state index in [2.05, 4.69) is 4.98 Å². The van der Waals surface area contributed by atoms with E-state index in [0.29, 0.717) is 29.9 Å². The first kappa shape index (κ1) is 15.7. The van der Waals surface area contributed by atoms with E-state index in [4.69, 9.17) is 14.6 Å². The van der Waals surface area contributed by atoms with Gasteiger partial charge < -0.3 is 9.47 Å². The van der Waals surface area contributed by atoms with Crippen molar-refractivity contribution in [2.75, 3.05) is 13.2 Å². The molecule has 114 valence electrons. The zero-order chi connectivity index (χ0) is 15.5. The topological polar surface area (TPSA) is 91.5 Å². The number of nitrogens with two attached hydrogens (primary N) is 1. The van der Waals surface area contributed by atoms with Crippen LogP contribution in [0.1, 0.15) is 13.8 Å². The summed E-state index contributed by atoms with van der Waals surface area (Å²) in [5.74, 6) is 0.505. The number of pyridine rings is 1. The van der Waals surface area contributed by atoms with E-state index >= 15 is 0 Å². The average molecular weight is 310 g/mol. The maximum Gasteiger partial charge on any atom is 0.238 e. The van der Waals surface area contributed by atoms with Gasteiger partial charge in [0.1, 0.15) is 17.9 Å². The molecule has 6 nitrogen and oxygen atoms in total. The van der Waals surface area contributed by atoms with Crippen molar-refractivity contribution in [1.82, 2.24) is 4.98 Å². The highest BCUT2D eigenvalue weighted by molar-refractivity contribution is 7.89. The normalized spacial score (nSPS) is 12.0. The van der Waals surface area contributed by atoms with E-state index in [1.54, 1.807) is 24.4 Å². The van der Waals surface area contributed by atoms with E-state index in [1.807, 2.05) is 13.8 Å². The first-order valence-corrected chi connectivity index (χ1v) is 8.09. The molecule has 0 radical (unpaired) electrons. The number of nitrogens with zero attached hydrogens (tertiary/aromatic N) is 1. The van der Waals surface area contributed by atoms with Crippen LogP contribution in [0.15, 0.2) is 35.4 Å². The molecule has 1 aromatic heterocycles. The third kappa shape index (κ3) is 3.90. The second kappa shape index (κ2) is 6.38. The number of aromatic nitrogens is 1. The molecule has 0 aliphatic rings. The van der Waals surface area contributed by atoms with Crippen LogP contribution in [0, 0.1) is 0 Å². The predicted molar refractivity (Wildman–Crippen MR) is 79.7 cm³/mol. The summed E-state index contributed by atoms with van der Waals surface area (Å²) in [5.41, 5.74) is 0.466.